The molecule has 0 aliphatic carbocycles. The molecule has 0 aromatic carbocycles. The van der Waals surface area contributed by atoms with Gasteiger partial charge >= 0.3 is 5.97 Å². The molecule has 0 radical (unpaired) electrons. The molecule has 1 N–H and O–H groups in total. The number of hydrogen-bond donors (Lipinski definition) is 1. The molecular weight excluding hydrogens is 262 g/mol. The van der Waals surface area contributed by atoms with E-state index in [1.54, 1.807) is 12.2 Å². The lowest BCUT2D eigenvalue weighted by Crippen LogP contribution is -2.01. The quantitative estimate of drug-likeness (QED) is 0.912. The Morgan fingerprint density at radius 3 is 2.82 bits per heavy atom. The second-order valence-electron chi connectivity index (χ2n) is 3.11. The second-order valence-corrected chi connectivity index (χ2v) is 4.71. The molecule has 1 heterocycles. The van der Waals surface area contributed by atoms with E-state index in [9.17, 15) is 9.59 Å². The summed E-state index contributed by atoms with van der Waals surface area (Å²) in [7, 11) is 0. The van der Waals surface area contributed by atoms with Gasteiger partial charge in [0.15, 0.2) is 10.8 Å². The Bertz CT molecular complexity index is 474. The lowest BCUT2D eigenvalue weighted by molar-refractivity contribution is -0.109. The Labute approximate surface area is 108 Å². The normalized spacial score (nSPS) is 10.7. The number of aromatic nitrogens is 1. The molecule has 0 saturated carbocycles. The number of carboxylic acids is 1. The van der Waals surface area contributed by atoms with Crippen molar-refractivity contribution in [2.45, 2.75) is 6.92 Å². The van der Waals surface area contributed by atoms with E-state index in [4.69, 9.17) is 16.7 Å². The van der Waals surface area contributed by atoms with Gasteiger partial charge in [0.05, 0.1) is 5.02 Å². The fourth-order valence-electron chi connectivity index (χ4n) is 1.05. The van der Waals surface area contributed by atoms with Gasteiger partial charge in [0.25, 0.3) is 0 Å². The van der Waals surface area contributed by atoms with Crippen LogP contribution in [0.1, 0.15) is 23.0 Å². The topological polar surface area (TPSA) is 67.3 Å². The Balaban J connectivity index is 2.70. The summed E-state index contributed by atoms with van der Waals surface area (Å²) in [6, 6.07) is 1.52. The molecule has 0 spiro atoms. The highest BCUT2D eigenvalue weighted by Gasteiger charge is 2.09. The zero-order chi connectivity index (χ0) is 12.8. The van der Waals surface area contributed by atoms with Crippen LogP contribution in [0.2, 0.25) is 5.02 Å². The van der Waals surface area contributed by atoms with E-state index in [0.29, 0.717) is 11.3 Å². The van der Waals surface area contributed by atoms with Crippen molar-refractivity contribution in [1.29, 1.82) is 0 Å². The number of nitrogens with zero attached hydrogens (tertiary/aromatic N) is 1. The number of hydrogen-bond acceptors (Lipinski definition) is 4. The average molecular weight is 272 g/mol. The molecule has 0 saturated heterocycles. The molecule has 0 amide bonds. The molecule has 0 atom stereocenters. The number of aromatic carboxylic acids is 1. The van der Waals surface area contributed by atoms with Crippen LogP contribution >= 0.6 is 23.4 Å². The maximum absolute atomic E-state index is 10.7. The lowest BCUT2D eigenvalue weighted by Gasteiger charge is -1.98. The van der Waals surface area contributed by atoms with E-state index in [1.165, 1.54) is 30.9 Å². The van der Waals surface area contributed by atoms with Gasteiger partial charge in [-0.25, -0.2) is 9.78 Å². The first kappa shape index (κ1) is 13.7. The fourth-order valence-corrected chi connectivity index (χ4v) is 1.73. The Morgan fingerprint density at radius 2 is 2.29 bits per heavy atom. The summed E-state index contributed by atoms with van der Waals surface area (Å²) in [4.78, 5) is 25.1. The van der Waals surface area contributed by atoms with Crippen molar-refractivity contribution in [3.63, 3.8) is 0 Å². The summed E-state index contributed by atoms with van der Waals surface area (Å²) in [6.07, 6.45) is 4.95. The summed E-state index contributed by atoms with van der Waals surface area (Å²) in [5, 5.41) is 8.87. The van der Waals surface area contributed by atoms with Crippen LogP contribution in [0.3, 0.4) is 0 Å². The Kier molecular flexibility index (Phi) is 5.18. The van der Waals surface area contributed by atoms with Crippen LogP contribution in [-0.4, -0.2) is 26.9 Å². The van der Waals surface area contributed by atoms with E-state index >= 15 is 0 Å². The van der Waals surface area contributed by atoms with Crippen molar-refractivity contribution in [2.24, 2.45) is 0 Å². The molecule has 17 heavy (non-hydrogen) atoms. The number of carbonyl (C=O) groups excluding carboxylic acids is 1. The van der Waals surface area contributed by atoms with Crippen molar-refractivity contribution in [3.05, 3.63) is 34.6 Å². The van der Waals surface area contributed by atoms with Gasteiger partial charge in [0.1, 0.15) is 0 Å². The molecule has 1 rings (SSSR count). The summed E-state index contributed by atoms with van der Waals surface area (Å²) < 4.78 is 0. The summed E-state index contributed by atoms with van der Waals surface area (Å²) in [6.45, 7) is 1.50. The highest BCUT2D eigenvalue weighted by Crippen LogP contribution is 2.16. The van der Waals surface area contributed by atoms with Gasteiger partial charge in [-0.2, -0.15) is 0 Å². The highest BCUT2D eigenvalue weighted by molar-refractivity contribution is 8.13. The van der Waals surface area contributed by atoms with E-state index in [1.807, 2.05) is 0 Å². The standard InChI is InChI=1S/C11H10ClNO3S/c1-7(14)17-4-2-3-8-5-9(12)10(11(15)16)13-6-8/h2-3,5-6H,4H2,1H3,(H,15,16). The minimum Gasteiger partial charge on any atom is -0.476 e. The summed E-state index contributed by atoms with van der Waals surface area (Å²) >= 11 is 6.94. The predicted molar refractivity (Wildman–Crippen MR) is 68.4 cm³/mol. The van der Waals surface area contributed by atoms with Crippen molar-refractivity contribution in [3.8, 4) is 0 Å². The van der Waals surface area contributed by atoms with Crippen LogP contribution in [0.5, 0.6) is 0 Å². The first-order valence-corrected chi connectivity index (χ1v) is 6.06. The Hall–Kier alpha value is -1.33. The third-order valence-electron chi connectivity index (χ3n) is 1.76. The molecule has 0 bridgehead atoms. The maximum Gasteiger partial charge on any atom is 0.356 e. The molecular formula is C11H10ClNO3S. The molecule has 4 nitrogen and oxygen atoms in total. The zero-order valence-corrected chi connectivity index (χ0v) is 10.6. The van der Waals surface area contributed by atoms with Crippen molar-refractivity contribution in [1.82, 2.24) is 4.98 Å². The first-order chi connectivity index (χ1) is 8.00. The predicted octanol–water partition coefficient (Wildman–Crippen LogP) is 2.73. The lowest BCUT2D eigenvalue weighted by atomic mass is 10.2. The van der Waals surface area contributed by atoms with Crippen LogP contribution in [0.25, 0.3) is 6.08 Å². The third-order valence-corrected chi connectivity index (χ3v) is 2.81. The van der Waals surface area contributed by atoms with Crippen molar-refractivity contribution >= 4 is 40.5 Å². The van der Waals surface area contributed by atoms with Crippen LogP contribution in [0, 0.1) is 0 Å². The molecule has 1 aromatic heterocycles. The minimum absolute atomic E-state index is 0.0482. The van der Waals surface area contributed by atoms with E-state index in [2.05, 4.69) is 4.98 Å². The monoisotopic (exact) mass is 271 g/mol. The summed E-state index contributed by atoms with van der Waals surface area (Å²) in [5.74, 6) is -0.592. The summed E-state index contributed by atoms with van der Waals surface area (Å²) in [5.41, 5.74) is 0.533. The molecule has 6 heteroatoms. The third kappa shape index (κ3) is 4.58. The largest absolute Gasteiger partial charge is 0.476 e. The number of rotatable bonds is 4. The molecule has 90 valence electrons. The number of halogens is 1. The van der Waals surface area contributed by atoms with E-state index < -0.39 is 5.97 Å². The maximum atomic E-state index is 10.7. The molecule has 0 fully saturated rings. The van der Waals surface area contributed by atoms with Gasteiger partial charge in [0.2, 0.25) is 0 Å². The van der Waals surface area contributed by atoms with E-state index in [0.717, 1.165) is 0 Å². The van der Waals surface area contributed by atoms with Gasteiger partial charge in [-0.1, -0.05) is 35.5 Å². The van der Waals surface area contributed by atoms with Gasteiger partial charge in [-0.3, -0.25) is 4.79 Å². The SMILES string of the molecule is CC(=O)SCC=Cc1cnc(C(=O)O)c(Cl)c1. The number of pyridine rings is 1. The van der Waals surface area contributed by atoms with Gasteiger partial charge < -0.3 is 5.11 Å². The molecule has 0 aliphatic heterocycles. The first-order valence-electron chi connectivity index (χ1n) is 4.69. The van der Waals surface area contributed by atoms with Crippen LogP contribution in [0.4, 0.5) is 0 Å². The molecule has 0 unspecified atom stereocenters. The van der Waals surface area contributed by atoms with Crippen LogP contribution in [0.15, 0.2) is 18.3 Å². The fraction of sp³-hybridized carbons (Fsp3) is 0.182. The molecule has 0 aliphatic rings. The van der Waals surface area contributed by atoms with Crippen molar-refractivity contribution < 1.29 is 14.7 Å². The minimum atomic E-state index is -1.15. The number of thioether (sulfide) groups is 1. The van der Waals surface area contributed by atoms with E-state index in [-0.39, 0.29) is 15.8 Å². The van der Waals surface area contributed by atoms with Gasteiger partial charge in [0, 0.05) is 18.9 Å². The average Bonchev–Trinajstić information content (AvgIpc) is 2.23. The number of carbonyl (C=O) groups is 2. The van der Waals surface area contributed by atoms with Crippen LogP contribution < -0.4 is 0 Å². The Morgan fingerprint density at radius 1 is 1.59 bits per heavy atom. The smallest absolute Gasteiger partial charge is 0.356 e. The number of carboxylic acid groups (broad SMARTS) is 1. The van der Waals surface area contributed by atoms with Gasteiger partial charge in [-0.15, -0.1) is 0 Å². The van der Waals surface area contributed by atoms with Gasteiger partial charge in [-0.05, 0) is 11.6 Å². The second kappa shape index (κ2) is 6.42. The van der Waals surface area contributed by atoms with Crippen LogP contribution in [-0.2, 0) is 4.79 Å². The zero-order valence-electron chi connectivity index (χ0n) is 9.01. The van der Waals surface area contributed by atoms with Crippen molar-refractivity contribution in [2.75, 3.05) is 5.75 Å². The molecule has 1 aromatic rings. The highest BCUT2D eigenvalue weighted by atomic mass is 35.5.